The van der Waals surface area contributed by atoms with Gasteiger partial charge in [-0.1, -0.05) is 12.2 Å². The topological polar surface area (TPSA) is 146 Å². The Hall–Kier alpha value is -3.34. The summed E-state index contributed by atoms with van der Waals surface area (Å²) in [5.74, 6) is 0.524. The zero-order valence-electron chi connectivity index (χ0n) is 19.8. The third-order valence-corrected chi connectivity index (χ3v) is 6.26. The summed E-state index contributed by atoms with van der Waals surface area (Å²) in [5.41, 5.74) is 6.04. The minimum absolute atomic E-state index is 0.0616. The van der Waals surface area contributed by atoms with Gasteiger partial charge in [0.1, 0.15) is 5.82 Å². The molecule has 1 saturated heterocycles. The lowest BCUT2D eigenvalue weighted by Crippen LogP contribution is -2.51. The van der Waals surface area contributed by atoms with Crippen molar-refractivity contribution in [2.24, 2.45) is 5.73 Å². The maximum Gasteiger partial charge on any atom is 0.328 e. The molecule has 3 rings (SSSR count). The second-order valence-electron chi connectivity index (χ2n) is 8.40. The number of piperazine rings is 1. The van der Waals surface area contributed by atoms with Crippen molar-refractivity contribution in [1.29, 1.82) is 0 Å². The zero-order chi connectivity index (χ0) is 24.5. The highest BCUT2D eigenvalue weighted by Gasteiger charge is 2.23. The zero-order valence-corrected chi connectivity index (χ0v) is 19.8. The van der Waals surface area contributed by atoms with E-state index in [1.54, 1.807) is 4.90 Å². The first-order chi connectivity index (χ1) is 16.4. The number of nitrogens with zero attached hydrogens (tertiary/aromatic N) is 3. The molecule has 1 aromatic heterocycles. The van der Waals surface area contributed by atoms with Crippen LogP contribution in [0, 0.1) is 0 Å². The van der Waals surface area contributed by atoms with Crippen molar-refractivity contribution in [3.63, 3.8) is 0 Å². The Labute approximate surface area is 198 Å². The molecule has 186 valence electrons. The number of H-pyrrole nitrogens is 1. The van der Waals surface area contributed by atoms with E-state index in [0.29, 0.717) is 51.1 Å². The Bertz CT molecular complexity index is 1050. The van der Waals surface area contributed by atoms with Gasteiger partial charge in [-0.3, -0.25) is 23.9 Å². The van der Waals surface area contributed by atoms with Gasteiger partial charge < -0.3 is 26.2 Å². The molecule has 1 fully saturated rings. The summed E-state index contributed by atoms with van der Waals surface area (Å²) in [4.78, 5) is 55.4. The first-order valence-corrected chi connectivity index (χ1v) is 11.8. The molecule has 2 amide bonds. The molecule has 0 unspecified atom stereocenters. The van der Waals surface area contributed by atoms with E-state index in [1.807, 2.05) is 25.3 Å². The summed E-state index contributed by atoms with van der Waals surface area (Å²) < 4.78 is 1.49. The number of fused-ring (bicyclic) bond motifs is 1. The van der Waals surface area contributed by atoms with Crippen LogP contribution in [0.3, 0.4) is 0 Å². The van der Waals surface area contributed by atoms with Gasteiger partial charge in [0.15, 0.2) is 0 Å². The van der Waals surface area contributed by atoms with Crippen molar-refractivity contribution in [2.45, 2.75) is 38.6 Å². The lowest BCUT2D eigenvalue weighted by molar-refractivity contribution is -0.134. The number of aromatic nitrogens is 2. The number of rotatable bonds is 9. The maximum absolute atomic E-state index is 12.6. The van der Waals surface area contributed by atoms with E-state index in [-0.39, 0.29) is 36.9 Å². The third-order valence-electron chi connectivity index (χ3n) is 6.26. The molecule has 2 heterocycles. The Balaban J connectivity index is 1.46. The molecule has 2 aliphatic rings. The predicted molar refractivity (Wildman–Crippen MR) is 129 cm³/mol. The van der Waals surface area contributed by atoms with Gasteiger partial charge in [0, 0.05) is 64.0 Å². The number of amides is 2. The normalized spacial score (nSPS) is 16.5. The lowest BCUT2D eigenvalue weighted by atomic mass is 9.97. The van der Waals surface area contributed by atoms with Crippen molar-refractivity contribution in [3.8, 4) is 0 Å². The summed E-state index contributed by atoms with van der Waals surface area (Å²) in [6.07, 6.45) is 8.92. The van der Waals surface area contributed by atoms with Crippen LogP contribution in [0.15, 0.2) is 33.6 Å². The highest BCUT2D eigenvalue weighted by molar-refractivity contribution is 5.84. The molecule has 1 aromatic rings. The van der Waals surface area contributed by atoms with Gasteiger partial charge in [-0.15, -0.1) is 0 Å². The molecule has 11 nitrogen and oxygen atoms in total. The number of nitrogens with two attached hydrogens (primary N) is 1. The smallest absolute Gasteiger partial charge is 0.328 e. The number of carbonyl (C=O) groups excluding carboxylic acids is 2. The summed E-state index contributed by atoms with van der Waals surface area (Å²) in [6, 6.07) is 0. The number of hydrogen-bond donors (Lipinski definition) is 4. The molecule has 34 heavy (non-hydrogen) atoms. The Morgan fingerprint density at radius 2 is 1.79 bits per heavy atom. The van der Waals surface area contributed by atoms with Gasteiger partial charge in [-0.05, 0) is 31.8 Å². The number of aromatic amines is 1. The van der Waals surface area contributed by atoms with Crippen molar-refractivity contribution in [1.82, 2.24) is 30.0 Å². The van der Waals surface area contributed by atoms with Gasteiger partial charge in [-0.25, -0.2) is 4.79 Å². The van der Waals surface area contributed by atoms with Crippen LogP contribution in [-0.4, -0.2) is 77.5 Å². The molecule has 0 spiro atoms. The molecule has 5 N–H and O–H groups in total. The van der Waals surface area contributed by atoms with Crippen LogP contribution in [0.4, 0.5) is 0 Å². The van der Waals surface area contributed by atoms with Gasteiger partial charge in [-0.2, -0.15) is 0 Å². The maximum atomic E-state index is 12.6. The molecule has 0 aromatic carbocycles. The van der Waals surface area contributed by atoms with Gasteiger partial charge in [0.2, 0.25) is 11.8 Å². The van der Waals surface area contributed by atoms with Crippen LogP contribution in [0.25, 0.3) is 0 Å². The Kier molecular flexibility index (Phi) is 9.08. The molecule has 11 heteroatoms. The SMILES string of the molecule is CN/C(=C\C=C/CN)N1CCN(C(=O)CNC(=O)CCn2c3c(c(=O)[nH]c2=O)CCCC3)CC1. The number of nitrogens with one attached hydrogen (secondary N) is 3. The summed E-state index contributed by atoms with van der Waals surface area (Å²) in [6.45, 7) is 3.07. The highest BCUT2D eigenvalue weighted by Crippen LogP contribution is 2.16. The van der Waals surface area contributed by atoms with E-state index < -0.39 is 5.69 Å². The van der Waals surface area contributed by atoms with E-state index in [4.69, 9.17) is 5.73 Å². The fraction of sp³-hybridized carbons (Fsp3) is 0.565. The summed E-state index contributed by atoms with van der Waals surface area (Å²) in [7, 11) is 1.85. The lowest BCUT2D eigenvalue weighted by Gasteiger charge is -2.37. The van der Waals surface area contributed by atoms with Gasteiger partial charge in [0.05, 0.1) is 6.54 Å². The number of allylic oxidation sites excluding steroid dienone is 2. The van der Waals surface area contributed by atoms with Crippen molar-refractivity contribution in [3.05, 3.63) is 56.1 Å². The highest BCUT2D eigenvalue weighted by atomic mass is 16.2. The number of carbonyl (C=O) groups is 2. The van der Waals surface area contributed by atoms with Crippen molar-refractivity contribution < 1.29 is 9.59 Å². The van der Waals surface area contributed by atoms with Crippen LogP contribution in [0.1, 0.15) is 30.5 Å². The quantitative estimate of drug-likeness (QED) is 0.324. The Morgan fingerprint density at radius 3 is 2.50 bits per heavy atom. The molecular weight excluding hydrogens is 438 g/mol. The molecule has 0 atom stereocenters. The molecule has 0 saturated carbocycles. The molecule has 1 aliphatic carbocycles. The predicted octanol–water partition coefficient (Wildman–Crippen LogP) is -1.36. The minimum Gasteiger partial charge on any atom is -0.375 e. The van der Waals surface area contributed by atoms with Crippen molar-refractivity contribution >= 4 is 11.8 Å². The van der Waals surface area contributed by atoms with E-state index in [1.165, 1.54) is 4.57 Å². The van der Waals surface area contributed by atoms with Crippen LogP contribution < -0.4 is 27.6 Å². The summed E-state index contributed by atoms with van der Waals surface area (Å²) >= 11 is 0. The van der Waals surface area contributed by atoms with Crippen LogP contribution >= 0.6 is 0 Å². The summed E-state index contributed by atoms with van der Waals surface area (Å²) in [5, 5.41) is 5.82. The van der Waals surface area contributed by atoms with Gasteiger partial charge >= 0.3 is 5.69 Å². The second kappa shape index (κ2) is 12.2. The van der Waals surface area contributed by atoms with E-state index >= 15 is 0 Å². The average molecular weight is 474 g/mol. The molecule has 0 bridgehead atoms. The molecule has 0 radical (unpaired) electrons. The van der Waals surface area contributed by atoms with Gasteiger partial charge in [0.25, 0.3) is 5.56 Å². The van der Waals surface area contributed by atoms with Crippen LogP contribution in [0.2, 0.25) is 0 Å². The van der Waals surface area contributed by atoms with E-state index in [2.05, 4.69) is 20.5 Å². The van der Waals surface area contributed by atoms with Crippen LogP contribution in [0.5, 0.6) is 0 Å². The fourth-order valence-electron chi connectivity index (χ4n) is 4.40. The van der Waals surface area contributed by atoms with Crippen LogP contribution in [-0.2, 0) is 29.0 Å². The molecule has 1 aliphatic heterocycles. The standard InChI is InChI=1S/C23H35N7O4/c1-25-19(8-4-5-10-24)28-12-14-29(15-13-28)21(32)16-26-20(31)9-11-30-18-7-3-2-6-17(18)22(33)27-23(30)34/h4-5,8,25H,2-3,6-7,9-16,24H2,1H3,(H,26,31)(H,27,33,34)/b5-4-,19-8+. The average Bonchev–Trinajstić information content (AvgIpc) is 2.85. The molecular formula is C23H35N7O4. The number of hydrogen-bond acceptors (Lipinski definition) is 7. The second-order valence-corrected chi connectivity index (χ2v) is 8.40. The fourth-order valence-corrected chi connectivity index (χ4v) is 4.40. The Morgan fingerprint density at radius 1 is 1.09 bits per heavy atom. The first-order valence-electron chi connectivity index (χ1n) is 11.8. The minimum atomic E-state index is -0.485. The third kappa shape index (κ3) is 6.37. The largest absolute Gasteiger partial charge is 0.375 e. The van der Waals surface area contributed by atoms with E-state index in [9.17, 15) is 19.2 Å². The van der Waals surface area contributed by atoms with E-state index in [0.717, 1.165) is 24.4 Å². The van der Waals surface area contributed by atoms with Crippen molar-refractivity contribution in [2.75, 3.05) is 46.3 Å². The monoisotopic (exact) mass is 473 g/mol. The first kappa shape index (κ1) is 25.3.